The maximum absolute atomic E-state index is 13.4. The Bertz CT molecular complexity index is 1360. The molecular weight excluding hydrogens is 464 g/mol. The zero-order chi connectivity index (χ0) is 25.2. The smallest absolute Gasteiger partial charge is 0.244 e. The van der Waals surface area contributed by atoms with E-state index in [1.165, 1.54) is 13.0 Å². The molecule has 1 aliphatic heterocycles. The topological polar surface area (TPSA) is 108 Å². The van der Waals surface area contributed by atoms with Crippen LogP contribution in [0.25, 0.3) is 0 Å². The lowest BCUT2D eigenvalue weighted by atomic mass is 10.1. The lowest BCUT2D eigenvalue weighted by molar-refractivity contribution is -0.118. The summed E-state index contributed by atoms with van der Waals surface area (Å²) in [7, 11) is -4.04. The molecule has 0 unspecified atom stereocenters. The first kappa shape index (κ1) is 24.6. The number of pyridine rings is 1. The van der Waals surface area contributed by atoms with E-state index in [0.29, 0.717) is 17.9 Å². The van der Waals surface area contributed by atoms with E-state index in [1.807, 2.05) is 50.2 Å². The van der Waals surface area contributed by atoms with E-state index in [4.69, 9.17) is 0 Å². The Morgan fingerprint density at radius 1 is 1.11 bits per heavy atom. The van der Waals surface area contributed by atoms with Gasteiger partial charge >= 0.3 is 0 Å². The van der Waals surface area contributed by atoms with Crippen molar-refractivity contribution in [1.29, 1.82) is 0 Å². The average Bonchev–Trinajstić information content (AvgIpc) is 3.14. The molecule has 0 saturated heterocycles. The number of hydrogen-bond acceptors (Lipinski definition) is 5. The Morgan fingerprint density at radius 3 is 2.54 bits per heavy atom. The van der Waals surface area contributed by atoms with Crippen molar-refractivity contribution in [1.82, 2.24) is 9.71 Å². The molecule has 4 rings (SSSR count). The lowest BCUT2D eigenvalue weighted by Crippen LogP contribution is -2.45. The molecule has 0 saturated carbocycles. The van der Waals surface area contributed by atoms with Crippen molar-refractivity contribution in [3.63, 3.8) is 0 Å². The standard InChI is InChI=1S/C26H28N4O4S/c1-17-11-12-27-25(13-17)28-26(32)23(15-20-7-5-4-6-8-20)29-35(33,34)22-9-10-24-21(16-22)14-18(2)30(24)19(3)31/h4-13,16,18,23,29H,14-15H2,1-3H3,(H,27,28,32)/t18-,23-/m1/s1. The van der Waals surface area contributed by atoms with Crippen molar-refractivity contribution in [2.24, 2.45) is 0 Å². The van der Waals surface area contributed by atoms with Crippen molar-refractivity contribution >= 4 is 33.3 Å². The number of carbonyl (C=O) groups is 2. The van der Waals surface area contributed by atoms with Gasteiger partial charge in [0.2, 0.25) is 21.8 Å². The Balaban J connectivity index is 1.61. The van der Waals surface area contributed by atoms with E-state index < -0.39 is 22.0 Å². The number of aryl methyl sites for hydroxylation is 1. The third kappa shape index (κ3) is 5.58. The lowest BCUT2D eigenvalue weighted by Gasteiger charge is -2.21. The van der Waals surface area contributed by atoms with Crippen LogP contribution in [-0.2, 0) is 32.5 Å². The number of nitrogens with zero attached hydrogens (tertiary/aromatic N) is 2. The molecule has 0 radical (unpaired) electrons. The van der Waals surface area contributed by atoms with Gasteiger partial charge in [0.15, 0.2) is 0 Å². The van der Waals surface area contributed by atoms with Crippen LogP contribution in [-0.4, -0.2) is 37.3 Å². The maximum Gasteiger partial charge on any atom is 0.244 e. The predicted octanol–water partition coefficient (Wildman–Crippen LogP) is 3.22. The summed E-state index contributed by atoms with van der Waals surface area (Å²) in [4.78, 5) is 31.0. The molecule has 0 spiro atoms. The highest BCUT2D eigenvalue weighted by Gasteiger charge is 2.32. The molecule has 0 bridgehead atoms. The zero-order valence-corrected chi connectivity index (χ0v) is 20.7. The number of benzene rings is 2. The molecule has 35 heavy (non-hydrogen) atoms. The van der Waals surface area contributed by atoms with Gasteiger partial charge < -0.3 is 10.2 Å². The number of fused-ring (bicyclic) bond motifs is 1. The van der Waals surface area contributed by atoms with Crippen molar-refractivity contribution in [2.75, 3.05) is 10.2 Å². The van der Waals surface area contributed by atoms with E-state index in [1.54, 1.807) is 29.3 Å². The second kappa shape index (κ2) is 9.97. The van der Waals surface area contributed by atoms with E-state index in [0.717, 1.165) is 16.7 Å². The van der Waals surface area contributed by atoms with Crippen LogP contribution in [0.4, 0.5) is 11.5 Å². The molecule has 0 fully saturated rings. The minimum Gasteiger partial charge on any atom is -0.309 e. The first-order valence-corrected chi connectivity index (χ1v) is 12.8. The van der Waals surface area contributed by atoms with E-state index in [2.05, 4.69) is 15.0 Å². The van der Waals surface area contributed by atoms with Crippen LogP contribution < -0.4 is 14.9 Å². The van der Waals surface area contributed by atoms with Crippen LogP contribution in [0.15, 0.2) is 71.8 Å². The van der Waals surface area contributed by atoms with Gasteiger partial charge in [-0.15, -0.1) is 0 Å². The van der Waals surface area contributed by atoms with E-state index in [9.17, 15) is 18.0 Å². The Labute approximate surface area is 205 Å². The van der Waals surface area contributed by atoms with Gasteiger partial charge in [-0.1, -0.05) is 30.3 Å². The molecule has 182 valence electrons. The Morgan fingerprint density at radius 2 is 1.86 bits per heavy atom. The van der Waals surface area contributed by atoms with Gasteiger partial charge in [0, 0.05) is 24.8 Å². The van der Waals surface area contributed by atoms with Gasteiger partial charge in [0.05, 0.1) is 4.90 Å². The fraction of sp³-hybridized carbons (Fsp3) is 0.269. The highest BCUT2D eigenvalue weighted by Crippen LogP contribution is 2.34. The van der Waals surface area contributed by atoms with Crippen LogP contribution in [0.3, 0.4) is 0 Å². The molecule has 9 heteroatoms. The van der Waals surface area contributed by atoms with Crippen LogP contribution >= 0.6 is 0 Å². The molecule has 2 aromatic carbocycles. The van der Waals surface area contributed by atoms with Gasteiger partial charge in [-0.2, -0.15) is 4.72 Å². The number of anilines is 2. The number of hydrogen-bond donors (Lipinski definition) is 2. The largest absolute Gasteiger partial charge is 0.309 e. The molecule has 3 aromatic rings. The minimum atomic E-state index is -4.04. The number of carbonyl (C=O) groups excluding carboxylic acids is 2. The monoisotopic (exact) mass is 492 g/mol. The highest BCUT2D eigenvalue weighted by atomic mass is 32.2. The van der Waals surface area contributed by atoms with Crippen molar-refractivity contribution in [3.05, 3.63) is 83.6 Å². The van der Waals surface area contributed by atoms with Crippen molar-refractivity contribution < 1.29 is 18.0 Å². The summed E-state index contributed by atoms with van der Waals surface area (Å²) in [6.07, 6.45) is 2.31. The van der Waals surface area contributed by atoms with Crippen molar-refractivity contribution in [2.45, 2.75) is 50.6 Å². The molecule has 2 amide bonds. The fourth-order valence-electron chi connectivity index (χ4n) is 4.37. The third-order valence-corrected chi connectivity index (χ3v) is 7.45. The van der Waals surface area contributed by atoms with Crippen LogP contribution in [0, 0.1) is 6.92 Å². The van der Waals surface area contributed by atoms with Crippen LogP contribution in [0.5, 0.6) is 0 Å². The Kier molecular flexibility index (Phi) is 7.00. The first-order valence-electron chi connectivity index (χ1n) is 11.4. The summed E-state index contributed by atoms with van der Waals surface area (Å²) < 4.78 is 29.3. The normalized spacial score (nSPS) is 16.0. The number of aromatic nitrogens is 1. The molecule has 1 aromatic heterocycles. The summed E-state index contributed by atoms with van der Waals surface area (Å²) in [6, 6.07) is 16.3. The summed E-state index contributed by atoms with van der Waals surface area (Å²) in [5.74, 6) is -0.245. The fourth-order valence-corrected chi connectivity index (χ4v) is 5.61. The van der Waals surface area contributed by atoms with Gasteiger partial charge in [-0.05, 0) is 73.7 Å². The maximum atomic E-state index is 13.4. The highest BCUT2D eigenvalue weighted by molar-refractivity contribution is 7.89. The second-order valence-electron chi connectivity index (χ2n) is 8.80. The van der Waals surface area contributed by atoms with Crippen LogP contribution in [0.1, 0.15) is 30.5 Å². The molecule has 2 N–H and O–H groups in total. The molecule has 8 nitrogen and oxygen atoms in total. The van der Waals surface area contributed by atoms with E-state index >= 15 is 0 Å². The number of nitrogens with one attached hydrogen (secondary N) is 2. The number of sulfonamides is 1. The average molecular weight is 493 g/mol. The minimum absolute atomic E-state index is 0.0492. The summed E-state index contributed by atoms with van der Waals surface area (Å²) >= 11 is 0. The number of rotatable bonds is 7. The third-order valence-electron chi connectivity index (χ3n) is 5.98. The number of amides is 2. The zero-order valence-electron chi connectivity index (χ0n) is 19.9. The SMILES string of the molecule is CC(=O)N1c2ccc(S(=O)(=O)N[C@H](Cc3ccccc3)C(=O)Nc3cc(C)ccn3)cc2C[C@H]1C. The molecule has 1 aliphatic rings. The van der Waals surface area contributed by atoms with Gasteiger partial charge in [0.1, 0.15) is 11.9 Å². The summed E-state index contributed by atoms with van der Waals surface area (Å²) in [6.45, 7) is 5.30. The van der Waals surface area contributed by atoms with E-state index in [-0.39, 0.29) is 23.3 Å². The summed E-state index contributed by atoms with van der Waals surface area (Å²) in [5.41, 5.74) is 3.23. The quantitative estimate of drug-likeness (QED) is 0.527. The predicted molar refractivity (Wildman–Crippen MR) is 135 cm³/mol. The van der Waals surface area contributed by atoms with Gasteiger partial charge in [0.25, 0.3) is 0 Å². The van der Waals surface area contributed by atoms with Crippen molar-refractivity contribution in [3.8, 4) is 0 Å². The van der Waals surface area contributed by atoms with Crippen LogP contribution in [0.2, 0.25) is 0 Å². The molecular formula is C26H28N4O4S. The second-order valence-corrected chi connectivity index (χ2v) is 10.5. The Hall–Kier alpha value is -3.56. The van der Waals surface area contributed by atoms with Gasteiger partial charge in [-0.3, -0.25) is 9.59 Å². The first-order chi connectivity index (χ1) is 16.6. The molecule has 2 atom stereocenters. The van der Waals surface area contributed by atoms with Gasteiger partial charge in [-0.25, -0.2) is 13.4 Å². The molecule has 2 heterocycles. The summed E-state index contributed by atoms with van der Waals surface area (Å²) in [5, 5.41) is 2.72. The molecule has 0 aliphatic carbocycles.